The molecule has 0 radical (unpaired) electrons. The molecule has 1 heterocycles. The third-order valence-corrected chi connectivity index (χ3v) is 2.71. The summed E-state index contributed by atoms with van der Waals surface area (Å²) in [5.41, 5.74) is 2.32. The van der Waals surface area contributed by atoms with Crippen LogP contribution in [0.3, 0.4) is 0 Å². The monoisotopic (exact) mass is 277 g/mol. The topological polar surface area (TPSA) is 37.8 Å². The Kier molecular flexibility index (Phi) is 3.51. The van der Waals surface area contributed by atoms with Crippen LogP contribution in [0.4, 0.5) is 5.82 Å². The van der Waals surface area contributed by atoms with E-state index in [4.69, 9.17) is 0 Å². The number of rotatable bonds is 3. The van der Waals surface area contributed by atoms with Gasteiger partial charge < -0.3 is 5.32 Å². The number of halogens is 1. The molecule has 0 unspecified atom stereocenters. The average molecular weight is 278 g/mol. The molecule has 1 N–H and O–H groups in total. The van der Waals surface area contributed by atoms with Gasteiger partial charge in [-0.05, 0) is 36.2 Å². The smallest absolute Gasteiger partial charge is 0.149 e. The normalized spacial score (nSPS) is 10.1. The van der Waals surface area contributed by atoms with Crippen molar-refractivity contribution in [3.63, 3.8) is 0 Å². The number of hydrogen-bond acceptors (Lipinski definition) is 3. The molecule has 0 amide bonds. The highest BCUT2D eigenvalue weighted by molar-refractivity contribution is 9.10. The largest absolute Gasteiger partial charge is 0.364 e. The maximum absolute atomic E-state index is 4.00. The number of hydrogen-bond donors (Lipinski definition) is 1. The molecule has 0 bridgehead atoms. The van der Waals surface area contributed by atoms with Crippen molar-refractivity contribution in [2.75, 3.05) is 5.32 Å². The Labute approximate surface area is 103 Å². The minimum Gasteiger partial charge on any atom is -0.364 e. The predicted molar refractivity (Wildman–Crippen MR) is 68.2 cm³/mol. The second-order valence-corrected chi connectivity index (χ2v) is 4.51. The summed E-state index contributed by atoms with van der Waals surface area (Å²) in [7, 11) is 0. The van der Waals surface area contributed by atoms with Gasteiger partial charge in [0.05, 0.1) is 6.20 Å². The zero-order valence-corrected chi connectivity index (χ0v) is 10.5. The van der Waals surface area contributed by atoms with E-state index in [2.05, 4.69) is 43.6 Å². The fraction of sp³-hybridized carbons (Fsp3) is 0.167. The fourth-order valence-electron chi connectivity index (χ4n) is 1.35. The van der Waals surface area contributed by atoms with Crippen LogP contribution in [0, 0.1) is 6.92 Å². The van der Waals surface area contributed by atoms with Crippen molar-refractivity contribution in [3.05, 3.63) is 52.1 Å². The Hall–Kier alpha value is -1.42. The molecule has 0 aliphatic carbocycles. The van der Waals surface area contributed by atoms with Gasteiger partial charge in [0, 0.05) is 11.0 Å². The predicted octanol–water partition coefficient (Wildman–Crippen LogP) is 3.16. The van der Waals surface area contributed by atoms with Crippen molar-refractivity contribution in [2.45, 2.75) is 13.5 Å². The van der Waals surface area contributed by atoms with E-state index in [-0.39, 0.29) is 0 Å². The van der Waals surface area contributed by atoms with Crippen molar-refractivity contribution >= 4 is 21.7 Å². The maximum Gasteiger partial charge on any atom is 0.149 e. The molecule has 1 aromatic carbocycles. The molecule has 0 saturated carbocycles. The Morgan fingerprint density at radius 2 is 2.00 bits per heavy atom. The van der Waals surface area contributed by atoms with E-state index in [0.717, 1.165) is 22.4 Å². The van der Waals surface area contributed by atoms with Crippen molar-refractivity contribution in [2.24, 2.45) is 0 Å². The van der Waals surface area contributed by atoms with Crippen molar-refractivity contribution < 1.29 is 0 Å². The molecule has 0 aliphatic heterocycles. The Bertz CT molecular complexity index is 468. The van der Waals surface area contributed by atoms with Gasteiger partial charge in [0.1, 0.15) is 5.82 Å². The van der Waals surface area contributed by atoms with Gasteiger partial charge in [0.15, 0.2) is 0 Å². The molecule has 3 nitrogen and oxygen atoms in total. The summed E-state index contributed by atoms with van der Waals surface area (Å²) in [5.74, 6) is 0.808. The van der Waals surface area contributed by atoms with Gasteiger partial charge in [-0.1, -0.05) is 28.1 Å². The quantitative estimate of drug-likeness (QED) is 0.937. The van der Waals surface area contributed by atoms with E-state index in [1.54, 1.807) is 6.20 Å². The Balaban J connectivity index is 1.99. The molecular formula is C12H12BrN3. The first-order valence-electron chi connectivity index (χ1n) is 5.02. The van der Waals surface area contributed by atoms with Crippen LogP contribution < -0.4 is 5.32 Å². The molecule has 0 atom stereocenters. The highest BCUT2D eigenvalue weighted by Crippen LogP contribution is 2.12. The molecule has 2 rings (SSSR count). The first kappa shape index (κ1) is 11.1. The Morgan fingerprint density at radius 1 is 1.25 bits per heavy atom. The van der Waals surface area contributed by atoms with E-state index < -0.39 is 0 Å². The number of nitrogens with one attached hydrogen (secondary N) is 1. The highest BCUT2D eigenvalue weighted by atomic mass is 79.9. The fourth-order valence-corrected chi connectivity index (χ4v) is 1.61. The lowest BCUT2D eigenvalue weighted by Crippen LogP contribution is -2.02. The minimum absolute atomic E-state index is 0.755. The molecule has 1 aromatic heterocycles. The SMILES string of the molecule is Cc1cnnc(NCc2ccc(Br)cc2)c1. The van der Waals surface area contributed by atoms with Gasteiger partial charge in [0.25, 0.3) is 0 Å². The van der Waals surface area contributed by atoms with E-state index in [0.29, 0.717) is 0 Å². The number of benzene rings is 1. The van der Waals surface area contributed by atoms with Crippen molar-refractivity contribution in [3.8, 4) is 0 Å². The van der Waals surface area contributed by atoms with Crippen molar-refractivity contribution in [1.82, 2.24) is 10.2 Å². The van der Waals surface area contributed by atoms with Gasteiger partial charge >= 0.3 is 0 Å². The summed E-state index contributed by atoms with van der Waals surface area (Å²) >= 11 is 3.41. The zero-order valence-electron chi connectivity index (χ0n) is 8.94. The first-order chi connectivity index (χ1) is 7.74. The third-order valence-electron chi connectivity index (χ3n) is 2.18. The van der Waals surface area contributed by atoms with Crippen LogP contribution in [0.25, 0.3) is 0 Å². The van der Waals surface area contributed by atoms with Crippen LogP contribution >= 0.6 is 15.9 Å². The molecule has 0 spiro atoms. The van der Waals surface area contributed by atoms with Crippen LogP contribution in [0.5, 0.6) is 0 Å². The minimum atomic E-state index is 0.755. The molecule has 4 heteroatoms. The maximum atomic E-state index is 4.00. The highest BCUT2D eigenvalue weighted by Gasteiger charge is 1.96. The molecule has 82 valence electrons. The van der Waals surface area contributed by atoms with Gasteiger partial charge in [-0.3, -0.25) is 0 Å². The summed E-state index contributed by atoms with van der Waals surface area (Å²) in [6.07, 6.45) is 1.74. The van der Waals surface area contributed by atoms with E-state index in [9.17, 15) is 0 Å². The summed E-state index contributed by atoms with van der Waals surface area (Å²) in [6, 6.07) is 10.2. The lowest BCUT2D eigenvalue weighted by Gasteiger charge is -2.05. The zero-order chi connectivity index (χ0) is 11.4. The lowest BCUT2D eigenvalue weighted by molar-refractivity contribution is 0.988. The number of aromatic nitrogens is 2. The van der Waals surface area contributed by atoms with Crippen LogP contribution in [0.15, 0.2) is 41.0 Å². The van der Waals surface area contributed by atoms with E-state index in [1.807, 2.05) is 25.1 Å². The first-order valence-corrected chi connectivity index (χ1v) is 5.81. The Morgan fingerprint density at radius 3 is 2.69 bits per heavy atom. The average Bonchev–Trinajstić information content (AvgIpc) is 2.28. The summed E-state index contributed by atoms with van der Waals surface area (Å²) < 4.78 is 1.09. The molecule has 0 fully saturated rings. The van der Waals surface area contributed by atoms with Gasteiger partial charge in [-0.25, -0.2) is 0 Å². The van der Waals surface area contributed by atoms with E-state index >= 15 is 0 Å². The molecule has 0 aliphatic rings. The van der Waals surface area contributed by atoms with E-state index in [1.165, 1.54) is 5.56 Å². The van der Waals surface area contributed by atoms with Crippen LogP contribution in [0.1, 0.15) is 11.1 Å². The van der Waals surface area contributed by atoms with Gasteiger partial charge in [-0.2, -0.15) is 5.10 Å². The van der Waals surface area contributed by atoms with Crippen molar-refractivity contribution in [1.29, 1.82) is 0 Å². The molecule has 2 aromatic rings. The second-order valence-electron chi connectivity index (χ2n) is 3.60. The van der Waals surface area contributed by atoms with Gasteiger partial charge in [0.2, 0.25) is 0 Å². The standard InChI is InChI=1S/C12H12BrN3/c1-9-6-12(16-15-7-9)14-8-10-2-4-11(13)5-3-10/h2-7H,8H2,1H3,(H,14,16). The van der Waals surface area contributed by atoms with Crippen LogP contribution in [-0.4, -0.2) is 10.2 Å². The molecule has 0 saturated heterocycles. The molecular weight excluding hydrogens is 266 g/mol. The number of anilines is 1. The molecule has 16 heavy (non-hydrogen) atoms. The number of aryl methyl sites for hydroxylation is 1. The van der Waals surface area contributed by atoms with Gasteiger partial charge in [-0.15, -0.1) is 5.10 Å². The summed E-state index contributed by atoms with van der Waals surface area (Å²) in [5, 5.41) is 11.1. The summed E-state index contributed by atoms with van der Waals surface area (Å²) in [4.78, 5) is 0. The van der Waals surface area contributed by atoms with Crippen LogP contribution in [0.2, 0.25) is 0 Å². The summed E-state index contributed by atoms with van der Waals surface area (Å²) in [6.45, 7) is 2.75. The number of nitrogens with zero attached hydrogens (tertiary/aromatic N) is 2. The second kappa shape index (κ2) is 5.07. The third kappa shape index (κ3) is 3.03. The van der Waals surface area contributed by atoms with Crippen LogP contribution in [-0.2, 0) is 6.54 Å². The lowest BCUT2D eigenvalue weighted by atomic mass is 10.2.